The van der Waals surface area contributed by atoms with Crippen molar-refractivity contribution < 1.29 is 9.15 Å². The molecule has 0 saturated carbocycles. The van der Waals surface area contributed by atoms with Crippen LogP contribution in [0.5, 0.6) is 0 Å². The molecule has 1 fully saturated rings. The van der Waals surface area contributed by atoms with Crippen LogP contribution in [0.4, 0.5) is 0 Å². The van der Waals surface area contributed by atoms with Crippen molar-refractivity contribution in [1.82, 2.24) is 20.0 Å². The van der Waals surface area contributed by atoms with Crippen LogP contribution in [0.1, 0.15) is 18.9 Å². The van der Waals surface area contributed by atoms with Gasteiger partial charge in [-0.25, -0.2) is 9.67 Å². The summed E-state index contributed by atoms with van der Waals surface area (Å²) in [6, 6.07) is 14.2. The topological polar surface area (TPSA) is 66.0 Å². The lowest BCUT2D eigenvalue weighted by Crippen LogP contribution is -2.20. The molecule has 2 aromatic carbocycles. The molecule has 1 aliphatic heterocycles. The fourth-order valence-electron chi connectivity index (χ4n) is 3.27. The van der Waals surface area contributed by atoms with E-state index in [2.05, 4.69) is 21.4 Å². The van der Waals surface area contributed by atoms with E-state index >= 15 is 0 Å². The molecule has 0 amide bonds. The fraction of sp³-hybridized carbons (Fsp3) is 0.278. The van der Waals surface area contributed by atoms with Gasteiger partial charge in [-0.15, -0.1) is 5.10 Å². The van der Waals surface area contributed by atoms with Gasteiger partial charge in [0.15, 0.2) is 5.58 Å². The standard InChI is InChI=1S/C18H16N4O2/c1-2-4-17-14(3-1)19-18(24-17)12-5-6-16-15(11-12)20-21-22(16)13-7-9-23-10-8-13/h1-6,11,13H,7-10H2. The molecule has 0 bridgehead atoms. The molecule has 3 heterocycles. The highest BCUT2D eigenvalue weighted by molar-refractivity contribution is 5.82. The highest BCUT2D eigenvalue weighted by Gasteiger charge is 2.19. The van der Waals surface area contributed by atoms with Crippen molar-refractivity contribution in [1.29, 1.82) is 0 Å². The largest absolute Gasteiger partial charge is 0.436 e. The van der Waals surface area contributed by atoms with Gasteiger partial charge in [0.1, 0.15) is 11.0 Å². The minimum Gasteiger partial charge on any atom is -0.436 e. The summed E-state index contributed by atoms with van der Waals surface area (Å²) in [5, 5.41) is 8.69. The number of hydrogen-bond donors (Lipinski definition) is 0. The molecule has 1 aliphatic rings. The monoisotopic (exact) mass is 320 g/mol. The zero-order valence-corrected chi connectivity index (χ0v) is 13.1. The SMILES string of the molecule is c1ccc2oc(-c3ccc4c(c3)nnn4C3CCOCC3)nc2c1. The Morgan fingerprint density at radius 2 is 1.88 bits per heavy atom. The van der Waals surface area contributed by atoms with Gasteiger partial charge in [-0.3, -0.25) is 0 Å². The average molecular weight is 320 g/mol. The molecule has 2 aromatic heterocycles. The van der Waals surface area contributed by atoms with Crippen molar-refractivity contribution in [2.24, 2.45) is 0 Å². The van der Waals surface area contributed by atoms with Gasteiger partial charge in [0.25, 0.3) is 0 Å². The minimum absolute atomic E-state index is 0.360. The molecule has 0 N–H and O–H groups in total. The zero-order chi connectivity index (χ0) is 15.9. The van der Waals surface area contributed by atoms with Crippen molar-refractivity contribution in [3.63, 3.8) is 0 Å². The Labute approximate surface area is 138 Å². The molecule has 0 radical (unpaired) electrons. The number of rotatable bonds is 2. The Kier molecular flexibility index (Phi) is 3.09. The van der Waals surface area contributed by atoms with Gasteiger partial charge in [0, 0.05) is 18.8 Å². The Morgan fingerprint density at radius 1 is 1.00 bits per heavy atom. The molecule has 0 spiro atoms. The first-order valence-corrected chi connectivity index (χ1v) is 8.17. The molecule has 0 atom stereocenters. The third kappa shape index (κ3) is 2.18. The van der Waals surface area contributed by atoms with E-state index in [0.717, 1.165) is 53.8 Å². The summed E-state index contributed by atoms with van der Waals surface area (Å²) in [6.45, 7) is 1.57. The van der Waals surface area contributed by atoms with E-state index in [1.807, 2.05) is 41.1 Å². The zero-order valence-electron chi connectivity index (χ0n) is 13.1. The number of benzene rings is 2. The van der Waals surface area contributed by atoms with E-state index < -0.39 is 0 Å². The minimum atomic E-state index is 0.360. The highest BCUT2D eigenvalue weighted by atomic mass is 16.5. The Morgan fingerprint density at radius 3 is 2.75 bits per heavy atom. The number of fused-ring (bicyclic) bond motifs is 2. The molecular formula is C18H16N4O2. The maximum Gasteiger partial charge on any atom is 0.227 e. The lowest BCUT2D eigenvalue weighted by molar-refractivity contribution is 0.0669. The van der Waals surface area contributed by atoms with Crippen molar-refractivity contribution in [3.05, 3.63) is 42.5 Å². The molecule has 120 valence electrons. The first-order valence-electron chi connectivity index (χ1n) is 8.17. The van der Waals surface area contributed by atoms with Crippen LogP contribution in [0.25, 0.3) is 33.6 Å². The van der Waals surface area contributed by atoms with Gasteiger partial charge < -0.3 is 9.15 Å². The Hall–Kier alpha value is -2.73. The van der Waals surface area contributed by atoms with Crippen molar-refractivity contribution in [3.8, 4) is 11.5 Å². The number of nitrogens with zero attached hydrogens (tertiary/aromatic N) is 4. The smallest absolute Gasteiger partial charge is 0.227 e. The van der Waals surface area contributed by atoms with Crippen LogP contribution < -0.4 is 0 Å². The van der Waals surface area contributed by atoms with Crippen LogP contribution >= 0.6 is 0 Å². The highest BCUT2D eigenvalue weighted by Crippen LogP contribution is 2.29. The maximum absolute atomic E-state index is 5.84. The third-order valence-corrected chi connectivity index (χ3v) is 4.55. The van der Waals surface area contributed by atoms with E-state index in [1.165, 1.54) is 0 Å². The Balaban J connectivity index is 1.56. The molecule has 6 heteroatoms. The number of aromatic nitrogens is 4. The van der Waals surface area contributed by atoms with Crippen LogP contribution in [0.3, 0.4) is 0 Å². The fourth-order valence-corrected chi connectivity index (χ4v) is 3.27. The van der Waals surface area contributed by atoms with E-state index in [0.29, 0.717) is 11.9 Å². The quantitative estimate of drug-likeness (QED) is 0.564. The van der Waals surface area contributed by atoms with Crippen molar-refractivity contribution >= 4 is 22.1 Å². The third-order valence-electron chi connectivity index (χ3n) is 4.55. The van der Waals surface area contributed by atoms with E-state index in [1.54, 1.807) is 0 Å². The van der Waals surface area contributed by atoms with Crippen molar-refractivity contribution in [2.75, 3.05) is 13.2 Å². The summed E-state index contributed by atoms with van der Waals surface area (Å²) in [4.78, 5) is 4.55. The van der Waals surface area contributed by atoms with Gasteiger partial charge in [0.05, 0.1) is 11.6 Å². The van der Waals surface area contributed by atoms with Gasteiger partial charge >= 0.3 is 0 Å². The van der Waals surface area contributed by atoms with Gasteiger partial charge in [0.2, 0.25) is 5.89 Å². The molecule has 4 aromatic rings. The van der Waals surface area contributed by atoms with Crippen LogP contribution in [0.2, 0.25) is 0 Å². The van der Waals surface area contributed by atoms with Crippen LogP contribution in [0, 0.1) is 0 Å². The van der Waals surface area contributed by atoms with Gasteiger partial charge in [-0.1, -0.05) is 17.3 Å². The molecular weight excluding hydrogens is 304 g/mol. The molecule has 0 unspecified atom stereocenters. The molecule has 0 aliphatic carbocycles. The second-order valence-corrected chi connectivity index (χ2v) is 6.07. The van der Waals surface area contributed by atoms with Gasteiger partial charge in [-0.05, 0) is 43.2 Å². The second-order valence-electron chi connectivity index (χ2n) is 6.07. The molecule has 6 nitrogen and oxygen atoms in total. The van der Waals surface area contributed by atoms with E-state index in [9.17, 15) is 0 Å². The molecule has 5 rings (SSSR count). The second kappa shape index (κ2) is 5.42. The maximum atomic E-state index is 5.84. The van der Waals surface area contributed by atoms with E-state index in [-0.39, 0.29) is 0 Å². The summed E-state index contributed by atoms with van der Waals surface area (Å²) in [5.41, 5.74) is 4.47. The van der Waals surface area contributed by atoms with Crippen LogP contribution in [-0.4, -0.2) is 33.2 Å². The summed E-state index contributed by atoms with van der Waals surface area (Å²) >= 11 is 0. The van der Waals surface area contributed by atoms with Gasteiger partial charge in [-0.2, -0.15) is 0 Å². The van der Waals surface area contributed by atoms with E-state index in [4.69, 9.17) is 9.15 Å². The van der Waals surface area contributed by atoms with Crippen LogP contribution in [-0.2, 0) is 4.74 Å². The predicted octanol–water partition coefficient (Wildman–Crippen LogP) is 3.59. The number of para-hydroxylation sites is 2. The first kappa shape index (κ1) is 13.7. The lowest BCUT2D eigenvalue weighted by Gasteiger charge is -2.22. The van der Waals surface area contributed by atoms with Crippen LogP contribution in [0.15, 0.2) is 46.9 Å². The summed E-state index contributed by atoms with van der Waals surface area (Å²) in [6.07, 6.45) is 1.96. The molecule has 24 heavy (non-hydrogen) atoms. The summed E-state index contributed by atoms with van der Waals surface area (Å²) in [5.74, 6) is 0.610. The normalized spacial score (nSPS) is 16.2. The number of hydrogen-bond acceptors (Lipinski definition) is 5. The first-order chi connectivity index (χ1) is 11.9. The average Bonchev–Trinajstić information content (AvgIpc) is 3.26. The predicted molar refractivity (Wildman–Crippen MR) is 89.6 cm³/mol. The number of ether oxygens (including phenoxy) is 1. The summed E-state index contributed by atoms with van der Waals surface area (Å²) < 4.78 is 13.3. The summed E-state index contributed by atoms with van der Waals surface area (Å²) in [7, 11) is 0. The van der Waals surface area contributed by atoms with Crippen molar-refractivity contribution in [2.45, 2.75) is 18.9 Å². The Bertz CT molecular complexity index is 981. The number of oxazole rings is 1. The molecule has 1 saturated heterocycles. The lowest BCUT2D eigenvalue weighted by atomic mass is 10.1.